The van der Waals surface area contributed by atoms with Crippen LogP contribution in [-0.2, 0) is 0 Å². The maximum atomic E-state index is 5.72. The van der Waals surface area contributed by atoms with Crippen LogP contribution in [-0.4, -0.2) is 37.7 Å². The van der Waals surface area contributed by atoms with Crippen LogP contribution >= 0.6 is 15.9 Å². The van der Waals surface area contributed by atoms with Gasteiger partial charge in [0.25, 0.3) is 0 Å². The van der Waals surface area contributed by atoms with Crippen LogP contribution in [0.4, 0.5) is 0 Å². The molecule has 0 fully saturated rings. The zero-order chi connectivity index (χ0) is 14.4. The summed E-state index contributed by atoms with van der Waals surface area (Å²) in [4.78, 5) is 2.47. The first-order valence-corrected chi connectivity index (χ1v) is 8.41. The number of benzene rings is 1. The number of hydrogen-bond acceptors (Lipinski definition) is 3. The van der Waals surface area contributed by atoms with Gasteiger partial charge >= 0.3 is 0 Å². The lowest BCUT2D eigenvalue weighted by atomic mass is 10.0. The fourth-order valence-electron chi connectivity index (χ4n) is 2.70. The lowest BCUT2D eigenvalue weighted by Crippen LogP contribution is -2.31. The quantitative estimate of drug-likeness (QED) is 0.767. The first-order valence-electron chi connectivity index (χ1n) is 7.62. The van der Waals surface area contributed by atoms with Crippen LogP contribution in [0.15, 0.2) is 22.7 Å². The Labute approximate surface area is 130 Å². The van der Waals surface area contributed by atoms with Crippen molar-refractivity contribution in [1.29, 1.82) is 0 Å². The maximum absolute atomic E-state index is 5.72. The number of halogens is 1. The summed E-state index contributed by atoms with van der Waals surface area (Å²) in [6.07, 6.45) is 2.25. The molecule has 1 heterocycles. The van der Waals surface area contributed by atoms with E-state index in [0.29, 0.717) is 6.04 Å². The Morgan fingerprint density at radius 3 is 2.90 bits per heavy atom. The highest BCUT2D eigenvalue weighted by Crippen LogP contribution is 2.33. The Morgan fingerprint density at radius 1 is 1.35 bits per heavy atom. The number of hydrogen-bond donors (Lipinski definition) is 1. The van der Waals surface area contributed by atoms with Gasteiger partial charge in [0.2, 0.25) is 0 Å². The molecule has 112 valence electrons. The van der Waals surface area contributed by atoms with Crippen molar-refractivity contribution in [3.05, 3.63) is 28.2 Å². The highest BCUT2D eigenvalue weighted by atomic mass is 79.9. The van der Waals surface area contributed by atoms with Gasteiger partial charge in [-0.05, 0) is 50.8 Å². The fourth-order valence-corrected chi connectivity index (χ4v) is 3.07. The molecule has 1 aromatic rings. The Bertz CT molecular complexity index is 421. The van der Waals surface area contributed by atoms with E-state index in [1.54, 1.807) is 0 Å². The van der Waals surface area contributed by atoms with Crippen LogP contribution in [0.5, 0.6) is 5.75 Å². The van der Waals surface area contributed by atoms with Crippen LogP contribution in [0, 0.1) is 0 Å². The van der Waals surface area contributed by atoms with Gasteiger partial charge in [-0.15, -0.1) is 0 Å². The third kappa shape index (κ3) is 4.21. The van der Waals surface area contributed by atoms with Crippen molar-refractivity contribution in [2.24, 2.45) is 0 Å². The molecule has 1 aromatic carbocycles. The molecule has 20 heavy (non-hydrogen) atoms. The topological polar surface area (TPSA) is 24.5 Å². The van der Waals surface area contributed by atoms with Crippen molar-refractivity contribution >= 4 is 15.9 Å². The molecule has 0 spiro atoms. The Morgan fingerprint density at radius 2 is 2.15 bits per heavy atom. The molecule has 0 bridgehead atoms. The SMILES string of the molecule is CCN(CC)CCCNC1CCOc2ccc(Br)cc21. The van der Waals surface area contributed by atoms with E-state index in [4.69, 9.17) is 4.74 Å². The monoisotopic (exact) mass is 340 g/mol. The smallest absolute Gasteiger partial charge is 0.124 e. The molecule has 0 radical (unpaired) electrons. The highest BCUT2D eigenvalue weighted by molar-refractivity contribution is 9.10. The number of rotatable bonds is 7. The van der Waals surface area contributed by atoms with E-state index in [-0.39, 0.29) is 0 Å². The Balaban J connectivity index is 1.84. The molecule has 0 aromatic heterocycles. The summed E-state index contributed by atoms with van der Waals surface area (Å²) in [5.41, 5.74) is 1.29. The summed E-state index contributed by atoms with van der Waals surface area (Å²) in [5.74, 6) is 1.03. The van der Waals surface area contributed by atoms with Crippen molar-refractivity contribution < 1.29 is 4.74 Å². The van der Waals surface area contributed by atoms with E-state index < -0.39 is 0 Å². The molecule has 1 aliphatic rings. The van der Waals surface area contributed by atoms with Crippen molar-refractivity contribution in [3.63, 3.8) is 0 Å². The summed E-state index contributed by atoms with van der Waals surface area (Å²) in [7, 11) is 0. The third-order valence-electron chi connectivity index (χ3n) is 3.95. The van der Waals surface area contributed by atoms with Crippen LogP contribution in [0.2, 0.25) is 0 Å². The molecule has 0 saturated carbocycles. The summed E-state index contributed by atoms with van der Waals surface area (Å²) >= 11 is 3.55. The van der Waals surface area contributed by atoms with Crippen molar-refractivity contribution in [1.82, 2.24) is 10.2 Å². The van der Waals surface area contributed by atoms with Gasteiger partial charge in [-0.3, -0.25) is 0 Å². The molecule has 4 heteroatoms. The highest BCUT2D eigenvalue weighted by Gasteiger charge is 2.20. The molecule has 0 aliphatic carbocycles. The minimum atomic E-state index is 0.424. The van der Waals surface area contributed by atoms with E-state index >= 15 is 0 Å². The molecule has 3 nitrogen and oxygen atoms in total. The van der Waals surface area contributed by atoms with Gasteiger partial charge in [0.1, 0.15) is 5.75 Å². The van der Waals surface area contributed by atoms with Gasteiger partial charge in [-0.1, -0.05) is 29.8 Å². The van der Waals surface area contributed by atoms with Crippen LogP contribution in [0.3, 0.4) is 0 Å². The molecule has 0 saturated heterocycles. The lowest BCUT2D eigenvalue weighted by molar-refractivity contribution is 0.248. The van der Waals surface area contributed by atoms with Gasteiger partial charge in [0.05, 0.1) is 6.61 Å². The standard InChI is InChI=1S/C16H25BrN2O/c1-3-19(4-2)10-5-9-18-15-8-11-20-16-7-6-13(17)12-14(15)16/h6-7,12,15,18H,3-5,8-11H2,1-2H3. The third-order valence-corrected chi connectivity index (χ3v) is 4.44. The second-order valence-corrected chi connectivity index (χ2v) is 6.12. The zero-order valence-electron chi connectivity index (χ0n) is 12.5. The normalized spacial score (nSPS) is 17.9. The van der Waals surface area contributed by atoms with Crippen molar-refractivity contribution in [2.45, 2.75) is 32.7 Å². The minimum absolute atomic E-state index is 0.424. The van der Waals surface area contributed by atoms with Gasteiger partial charge < -0.3 is 15.0 Å². The number of nitrogens with zero attached hydrogens (tertiary/aromatic N) is 1. The van der Waals surface area contributed by atoms with Gasteiger partial charge in [-0.25, -0.2) is 0 Å². The van der Waals surface area contributed by atoms with Gasteiger partial charge in [-0.2, -0.15) is 0 Å². The maximum Gasteiger partial charge on any atom is 0.124 e. The molecule has 1 unspecified atom stereocenters. The minimum Gasteiger partial charge on any atom is -0.493 e. The molecule has 1 aliphatic heterocycles. The number of fused-ring (bicyclic) bond motifs is 1. The average Bonchev–Trinajstić information content (AvgIpc) is 2.47. The Hall–Kier alpha value is -0.580. The second kappa shape index (κ2) is 8.01. The largest absolute Gasteiger partial charge is 0.493 e. The predicted molar refractivity (Wildman–Crippen MR) is 87.4 cm³/mol. The van der Waals surface area contributed by atoms with Crippen LogP contribution in [0.1, 0.15) is 38.3 Å². The van der Waals surface area contributed by atoms with Crippen LogP contribution in [0.25, 0.3) is 0 Å². The summed E-state index contributed by atoms with van der Waals surface area (Å²) < 4.78 is 6.84. The Kier molecular flexibility index (Phi) is 6.33. The van der Waals surface area contributed by atoms with E-state index in [9.17, 15) is 0 Å². The number of nitrogens with one attached hydrogen (secondary N) is 1. The fraction of sp³-hybridized carbons (Fsp3) is 0.625. The first kappa shape index (κ1) is 15.8. The second-order valence-electron chi connectivity index (χ2n) is 5.21. The lowest BCUT2D eigenvalue weighted by Gasteiger charge is -2.27. The molecular weight excluding hydrogens is 316 g/mol. The summed E-state index contributed by atoms with van der Waals surface area (Å²) in [6.45, 7) is 9.78. The molecule has 1 atom stereocenters. The van der Waals surface area contributed by atoms with E-state index in [2.05, 4.69) is 52.1 Å². The summed E-state index contributed by atoms with van der Waals surface area (Å²) in [5, 5.41) is 3.68. The molecular formula is C16H25BrN2O. The average molecular weight is 341 g/mol. The van der Waals surface area contributed by atoms with E-state index in [1.807, 2.05) is 6.07 Å². The number of ether oxygens (including phenoxy) is 1. The van der Waals surface area contributed by atoms with Crippen molar-refractivity contribution in [3.8, 4) is 5.75 Å². The van der Waals surface area contributed by atoms with E-state index in [0.717, 1.165) is 42.9 Å². The van der Waals surface area contributed by atoms with Crippen molar-refractivity contribution in [2.75, 3.05) is 32.8 Å². The predicted octanol–water partition coefficient (Wildman–Crippen LogP) is 3.59. The molecule has 2 rings (SSSR count). The van der Waals surface area contributed by atoms with E-state index in [1.165, 1.54) is 18.5 Å². The molecule has 1 N–H and O–H groups in total. The zero-order valence-corrected chi connectivity index (χ0v) is 14.1. The van der Waals surface area contributed by atoms with Crippen LogP contribution < -0.4 is 10.1 Å². The summed E-state index contributed by atoms with van der Waals surface area (Å²) in [6, 6.07) is 6.70. The van der Waals surface area contributed by atoms with Gasteiger partial charge in [0.15, 0.2) is 0 Å². The van der Waals surface area contributed by atoms with Gasteiger partial charge in [0, 0.05) is 22.5 Å². The molecule has 0 amide bonds. The first-order chi connectivity index (χ1) is 9.74.